The minimum Gasteiger partial charge on any atom is -0.356 e. The molecule has 4 heteroatoms. The Hall–Kier alpha value is -1.42. The van der Waals surface area contributed by atoms with Gasteiger partial charge < -0.3 is 4.74 Å². The van der Waals surface area contributed by atoms with Gasteiger partial charge in [-0.25, -0.2) is 9.07 Å². The fraction of sp³-hybridized carbons (Fsp3) is 0.533. The summed E-state index contributed by atoms with van der Waals surface area (Å²) in [5.41, 5.74) is 1.71. The van der Waals surface area contributed by atoms with Gasteiger partial charge in [-0.05, 0) is 49.7 Å². The summed E-state index contributed by atoms with van der Waals surface area (Å²) >= 11 is 0. The summed E-state index contributed by atoms with van der Waals surface area (Å²) in [6, 6.07) is 3.92. The molecule has 1 atom stereocenters. The molecule has 2 aromatic rings. The van der Waals surface area contributed by atoms with Crippen LogP contribution in [-0.2, 0) is 4.74 Å². The molecule has 0 N–H and O–H groups in total. The van der Waals surface area contributed by atoms with Gasteiger partial charge in [0.15, 0.2) is 6.23 Å². The standard InChI is InChI=1S/C15H17FN2O/c16-15-11(10-4-5-10)6-7-13-12(15)9-17-18(13)14-3-1-2-8-19-14/h6-7,9-10,14H,1-5,8H2. The number of hydrogen-bond acceptors (Lipinski definition) is 2. The van der Waals surface area contributed by atoms with Gasteiger partial charge in [-0.15, -0.1) is 0 Å². The van der Waals surface area contributed by atoms with Gasteiger partial charge in [-0.2, -0.15) is 5.10 Å². The molecule has 0 amide bonds. The molecule has 2 fully saturated rings. The lowest BCUT2D eigenvalue weighted by Gasteiger charge is -2.23. The average Bonchev–Trinajstić information content (AvgIpc) is 3.19. The number of halogens is 1. The van der Waals surface area contributed by atoms with Gasteiger partial charge >= 0.3 is 0 Å². The van der Waals surface area contributed by atoms with Gasteiger partial charge in [0.2, 0.25) is 0 Å². The van der Waals surface area contributed by atoms with E-state index < -0.39 is 0 Å². The summed E-state index contributed by atoms with van der Waals surface area (Å²) in [5.74, 6) is 0.348. The van der Waals surface area contributed by atoms with Crippen LogP contribution >= 0.6 is 0 Å². The number of fused-ring (bicyclic) bond motifs is 1. The lowest BCUT2D eigenvalue weighted by molar-refractivity contribution is -0.0366. The van der Waals surface area contributed by atoms with Crippen LogP contribution in [-0.4, -0.2) is 16.4 Å². The molecule has 0 bridgehead atoms. The van der Waals surface area contributed by atoms with Crippen molar-refractivity contribution in [2.24, 2.45) is 0 Å². The summed E-state index contributed by atoms with van der Waals surface area (Å²) in [5, 5.41) is 4.99. The Morgan fingerprint density at radius 3 is 2.84 bits per heavy atom. The topological polar surface area (TPSA) is 27.1 Å². The maximum Gasteiger partial charge on any atom is 0.150 e. The Balaban J connectivity index is 1.78. The van der Waals surface area contributed by atoms with E-state index in [1.165, 1.54) is 0 Å². The van der Waals surface area contributed by atoms with Gasteiger partial charge in [-0.1, -0.05) is 6.07 Å². The lowest BCUT2D eigenvalue weighted by Crippen LogP contribution is -2.18. The molecule has 1 aliphatic heterocycles. The quantitative estimate of drug-likeness (QED) is 0.822. The van der Waals surface area contributed by atoms with Crippen LogP contribution in [0.2, 0.25) is 0 Å². The molecule has 4 rings (SSSR count). The summed E-state index contributed by atoms with van der Waals surface area (Å²) < 4.78 is 22.0. The molecule has 100 valence electrons. The first-order chi connectivity index (χ1) is 9.34. The number of rotatable bonds is 2. The van der Waals surface area contributed by atoms with Gasteiger partial charge in [0.05, 0.1) is 17.1 Å². The first-order valence-electron chi connectivity index (χ1n) is 7.12. The SMILES string of the molecule is Fc1c(C2CC2)ccc2c1cnn2C1CCCCO1. The van der Waals surface area contributed by atoms with Crippen molar-refractivity contribution >= 4 is 10.9 Å². The molecule has 1 aromatic heterocycles. The van der Waals surface area contributed by atoms with Crippen molar-refractivity contribution in [3.05, 3.63) is 29.7 Å². The maximum absolute atomic E-state index is 14.4. The Kier molecular flexibility index (Phi) is 2.58. The Morgan fingerprint density at radius 1 is 1.21 bits per heavy atom. The van der Waals surface area contributed by atoms with Crippen molar-refractivity contribution in [2.45, 2.75) is 44.2 Å². The zero-order valence-corrected chi connectivity index (χ0v) is 10.8. The van der Waals surface area contributed by atoms with Crippen LogP contribution in [0.5, 0.6) is 0 Å². The largest absolute Gasteiger partial charge is 0.356 e. The fourth-order valence-electron chi connectivity index (χ4n) is 2.96. The van der Waals surface area contributed by atoms with Crippen molar-refractivity contribution < 1.29 is 9.13 Å². The first kappa shape index (κ1) is 11.4. The number of aromatic nitrogens is 2. The molecule has 2 heterocycles. The first-order valence-corrected chi connectivity index (χ1v) is 7.12. The Morgan fingerprint density at radius 2 is 2.11 bits per heavy atom. The third kappa shape index (κ3) is 1.86. The highest BCUT2D eigenvalue weighted by Crippen LogP contribution is 2.42. The van der Waals surface area contributed by atoms with E-state index in [0.29, 0.717) is 11.3 Å². The highest BCUT2D eigenvalue weighted by molar-refractivity contribution is 5.80. The van der Waals surface area contributed by atoms with E-state index >= 15 is 0 Å². The summed E-state index contributed by atoms with van der Waals surface area (Å²) in [7, 11) is 0. The third-order valence-electron chi connectivity index (χ3n) is 4.19. The van der Waals surface area contributed by atoms with E-state index in [0.717, 1.165) is 49.8 Å². The van der Waals surface area contributed by atoms with Gasteiger partial charge in [-0.3, -0.25) is 0 Å². The molecule has 1 saturated carbocycles. The summed E-state index contributed by atoms with van der Waals surface area (Å²) in [6.07, 6.45) is 7.06. The van der Waals surface area contributed by atoms with Crippen LogP contribution < -0.4 is 0 Å². The van der Waals surface area contributed by atoms with E-state index in [1.54, 1.807) is 6.20 Å². The molecular weight excluding hydrogens is 243 g/mol. The monoisotopic (exact) mass is 260 g/mol. The Bertz CT molecular complexity index is 612. The predicted molar refractivity (Wildman–Crippen MR) is 70.5 cm³/mol. The lowest BCUT2D eigenvalue weighted by atomic mass is 10.1. The van der Waals surface area contributed by atoms with E-state index in [4.69, 9.17) is 4.74 Å². The third-order valence-corrected chi connectivity index (χ3v) is 4.19. The minimum absolute atomic E-state index is 0.0302. The molecule has 1 unspecified atom stereocenters. The van der Waals surface area contributed by atoms with E-state index in [2.05, 4.69) is 5.10 Å². The molecule has 19 heavy (non-hydrogen) atoms. The second kappa shape index (κ2) is 4.30. The molecule has 2 aliphatic rings. The number of nitrogens with zero attached hydrogens (tertiary/aromatic N) is 2. The molecular formula is C15H17FN2O. The second-order valence-corrected chi connectivity index (χ2v) is 5.59. The fourth-order valence-corrected chi connectivity index (χ4v) is 2.96. The van der Waals surface area contributed by atoms with Crippen LogP contribution in [0.3, 0.4) is 0 Å². The van der Waals surface area contributed by atoms with Crippen LogP contribution in [0.25, 0.3) is 10.9 Å². The average molecular weight is 260 g/mol. The van der Waals surface area contributed by atoms with Gasteiger partial charge in [0.1, 0.15) is 5.82 Å². The number of hydrogen-bond donors (Lipinski definition) is 0. The van der Waals surface area contributed by atoms with Crippen LogP contribution in [0.4, 0.5) is 4.39 Å². The smallest absolute Gasteiger partial charge is 0.150 e. The minimum atomic E-state index is -0.0814. The normalized spacial score (nSPS) is 23.9. The van der Waals surface area contributed by atoms with Crippen molar-refractivity contribution in [3.63, 3.8) is 0 Å². The highest BCUT2D eigenvalue weighted by Gasteiger charge is 2.28. The van der Waals surface area contributed by atoms with Gasteiger partial charge in [0, 0.05) is 6.61 Å². The second-order valence-electron chi connectivity index (χ2n) is 5.59. The van der Waals surface area contributed by atoms with Crippen LogP contribution in [0.1, 0.15) is 49.8 Å². The van der Waals surface area contributed by atoms with Crippen molar-refractivity contribution in [3.8, 4) is 0 Å². The molecule has 3 nitrogen and oxygen atoms in total. The predicted octanol–water partition coefficient (Wildman–Crippen LogP) is 3.75. The summed E-state index contributed by atoms with van der Waals surface area (Å²) in [4.78, 5) is 0. The van der Waals surface area contributed by atoms with E-state index in [-0.39, 0.29) is 12.0 Å². The number of benzene rings is 1. The van der Waals surface area contributed by atoms with Gasteiger partial charge in [0.25, 0.3) is 0 Å². The van der Waals surface area contributed by atoms with Crippen LogP contribution in [0.15, 0.2) is 18.3 Å². The number of ether oxygens (including phenoxy) is 1. The maximum atomic E-state index is 14.4. The molecule has 1 aromatic carbocycles. The van der Waals surface area contributed by atoms with Crippen molar-refractivity contribution in [2.75, 3.05) is 6.61 Å². The molecule has 1 saturated heterocycles. The zero-order chi connectivity index (χ0) is 12.8. The molecule has 0 spiro atoms. The van der Waals surface area contributed by atoms with Crippen LogP contribution in [0, 0.1) is 5.82 Å². The zero-order valence-electron chi connectivity index (χ0n) is 10.8. The van der Waals surface area contributed by atoms with E-state index in [1.807, 2.05) is 16.8 Å². The van der Waals surface area contributed by atoms with E-state index in [9.17, 15) is 4.39 Å². The molecule has 1 aliphatic carbocycles. The summed E-state index contributed by atoms with van der Waals surface area (Å²) in [6.45, 7) is 0.772. The highest BCUT2D eigenvalue weighted by atomic mass is 19.1. The Labute approximate surface area is 111 Å². The van der Waals surface area contributed by atoms with Crippen molar-refractivity contribution in [1.29, 1.82) is 0 Å². The van der Waals surface area contributed by atoms with Crippen molar-refractivity contribution in [1.82, 2.24) is 9.78 Å². The molecule has 0 radical (unpaired) electrons.